The van der Waals surface area contributed by atoms with Crippen molar-refractivity contribution in [3.63, 3.8) is 0 Å². The lowest BCUT2D eigenvalue weighted by Crippen LogP contribution is -2.19. The number of hydrogen-bond acceptors (Lipinski definition) is 7. The Morgan fingerprint density at radius 2 is 2.30 bits per heavy atom. The Balaban J connectivity index is 2.02. The molecule has 1 aliphatic rings. The van der Waals surface area contributed by atoms with E-state index in [9.17, 15) is 15.0 Å². The number of thioether (sulfide) groups is 1. The molecule has 27 heavy (non-hydrogen) atoms. The number of thiazole rings is 1. The molecule has 2 heterocycles. The van der Waals surface area contributed by atoms with Crippen molar-refractivity contribution in [2.24, 2.45) is 4.99 Å². The quantitative estimate of drug-likeness (QED) is 0.633. The molecule has 0 fully saturated rings. The highest BCUT2D eigenvalue weighted by molar-refractivity contribution is 7.98. The van der Waals surface area contributed by atoms with Crippen molar-refractivity contribution in [2.45, 2.75) is 12.5 Å². The second-order valence-electron chi connectivity index (χ2n) is 5.80. The van der Waals surface area contributed by atoms with Gasteiger partial charge in [0.2, 0.25) is 5.88 Å². The molecule has 0 saturated heterocycles. The predicted molar refractivity (Wildman–Crippen MR) is 113 cm³/mol. The van der Waals surface area contributed by atoms with Crippen molar-refractivity contribution in [2.75, 3.05) is 19.1 Å². The van der Waals surface area contributed by atoms with Crippen LogP contribution in [0.15, 0.2) is 23.2 Å². The zero-order valence-electron chi connectivity index (χ0n) is 14.7. The normalized spacial score (nSPS) is 15.1. The van der Waals surface area contributed by atoms with Gasteiger partial charge in [0.15, 0.2) is 3.95 Å². The molecule has 2 aromatic rings. The third-order valence-corrected chi connectivity index (χ3v) is 6.16. The molecule has 1 aromatic heterocycles. The zero-order valence-corrected chi connectivity index (χ0v) is 17.2. The largest absolute Gasteiger partial charge is 0.497 e. The average Bonchev–Trinajstić information content (AvgIpc) is 3.17. The van der Waals surface area contributed by atoms with Crippen LogP contribution < -0.4 is 4.74 Å². The molecule has 0 radical (unpaired) electrons. The van der Waals surface area contributed by atoms with E-state index in [1.54, 1.807) is 31.2 Å². The van der Waals surface area contributed by atoms with Gasteiger partial charge in [0.05, 0.1) is 17.7 Å². The van der Waals surface area contributed by atoms with E-state index >= 15 is 0 Å². The molecule has 142 valence electrons. The van der Waals surface area contributed by atoms with Gasteiger partial charge in [-0.1, -0.05) is 0 Å². The molecule has 0 aliphatic carbocycles. The number of nitrogens with zero attached hydrogens (tertiary/aromatic N) is 2. The van der Waals surface area contributed by atoms with E-state index in [4.69, 9.17) is 17.0 Å². The summed E-state index contributed by atoms with van der Waals surface area (Å²) in [4.78, 5) is 16.5. The standard InChI is InChI=1S/C18H18N2O4S3/c1-24-11-3-4-13-12(8-11)10(9-19-13)7-15-16(21)20(18(25)27-15)14(17(22)23)5-6-26-2/h3-4,7-9,14,21H,5-6H2,1-2H3,(H,22,23)/t14-/m1/s1. The number of aliphatic imine (C=N–C) groups is 1. The Morgan fingerprint density at radius 3 is 2.96 bits per heavy atom. The van der Waals surface area contributed by atoms with Gasteiger partial charge in [-0.3, -0.25) is 9.56 Å². The van der Waals surface area contributed by atoms with Crippen LogP contribution in [0.25, 0.3) is 11.6 Å². The number of aromatic nitrogens is 1. The minimum atomic E-state index is -1.01. The van der Waals surface area contributed by atoms with Gasteiger partial charge >= 0.3 is 5.97 Å². The van der Waals surface area contributed by atoms with Crippen LogP contribution in [-0.4, -0.2) is 46.1 Å². The Bertz CT molecular complexity index is 991. The van der Waals surface area contributed by atoms with Gasteiger partial charge < -0.3 is 14.9 Å². The molecule has 0 bridgehead atoms. The van der Waals surface area contributed by atoms with Crippen LogP contribution in [0.1, 0.15) is 22.9 Å². The molecule has 0 unspecified atom stereocenters. The van der Waals surface area contributed by atoms with Crippen LogP contribution in [0, 0.1) is 3.95 Å². The first-order chi connectivity index (χ1) is 13.0. The number of carbonyl (C=O) groups is 1. The summed E-state index contributed by atoms with van der Waals surface area (Å²) in [5, 5.41) is 20.2. The summed E-state index contributed by atoms with van der Waals surface area (Å²) in [6, 6.07) is 4.68. The van der Waals surface area contributed by atoms with Crippen molar-refractivity contribution in [3.05, 3.63) is 32.6 Å². The summed E-state index contributed by atoms with van der Waals surface area (Å²) < 4.78 is 6.91. The first-order valence-electron chi connectivity index (χ1n) is 8.06. The number of carboxylic acids is 1. The number of rotatable bonds is 7. The van der Waals surface area contributed by atoms with Gasteiger partial charge in [0.25, 0.3) is 0 Å². The van der Waals surface area contributed by atoms with Crippen molar-refractivity contribution >= 4 is 64.8 Å². The van der Waals surface area contributed by atoms with E-state index in [1.165, 1.54) is 15.9 Å². The molecule has 2 N–H and O–H groups in total. The van der Waals surface area contributed by atoms with E-state index in [-0.39, 0.29) is 5.88 Å². The fraction of sp³-hybridized carbons (Fsp3) is 0.278. The molecular formula is C18H18N2O4S3. The Labute approximate surface area is 169 Å². The van der Waals surface area contributed by atoms with Crippen molar-refractivity contribution in [3.8, 4) is 11.6 Å². The fourth-order valence-corrected chi connectivity index (χ4v) is 4.62. The highest BCUT2D eigenvalue weighted by Crippen LogP contribution is 2.39. The van der Waals surface area contributed by atoms with Gasteiger partial charge in [0.1, 0.15) is 11.8 Å². The second kappa shape index (κ2) is 8.28. The molecule has 0 spiro atoms. The fourth-order valence-electron chi connectivity index (χ4n) is 2.81. The third kappa shape index (κ3) is 3.95. The lowest BCUT2D eigenvalue weighted by atomic mass is 10.1. The lowest BCUT2D eigenvalue weighted by molar-refractivity contribution is -0.141. The van der Waals surface area contributed by atoms with Crippen molar-refractivity contribution in [1.29, 1.82) is 0 Å². The highest BCUT2D eigenvalue weighted by atomic mass is 32.2. The van der Waals surface area contributed by atoms with Crippen molar-refractivity contribution < 1.29 is 19.7 Å². The topological polar surface area (TPSA) is 84.0 Å². The van der Waals surface area contributed by atoms with Crippen LogP contribution >= 0.6 is 35.3 Å². The van der Waals surface area contributed by atoms with Crippen LogP contribution in [0.3, 0.4) is 0 Å². The number of carboxylic acid groups (broad SMARTS) is 1. The highest BCUT2D eigenvalue weighted by Gasteiger charge is 2.25. The van der Waals surface area contributed by atoms with Crippen molar-refractivity contribution in [1.82, 2.24) is 4.57 Å². The Kier molecular flexibility index (Phi) is 6.03. The first kappa shape index (κ1) is 19.7. The number of aliphatic carboxylic acids is 1. The SMILES string of the molecule is COc1ccc2c(c1)C(=Cc1sc(=S)n([C@H](CCSC)C(=O)O)c1O)C=N2. The molecule has 1 aromatic carbocycles. The zero-order chi connectivity index (χ0) is 19.6. The minimum Gasteiger partial charge on any atom is -0.497 e. The number of aromatic hydroxyl groups is 1. The number of allylic oxidation sites excluding steroid dienone is 1. The maximum absolute atomic E-state index is 11.7. The second-order valence-corrected chi connectivity index (χ2v) is 8.46. The summed E-state index contributed by atoms with van der Waals surface area (Å²) in [6.45, 7) is 0. The Morgan fingerprint density at radius 1 is 1.52 bits per heavy atom. The van der Waals surface area contributed by atoms with Crippen LogP contribution in [-0.2, 0) is 4.79 Å². The molecule has 0 saturated carbocycles. The molecule has 1 atom stereocenters. The first-order valence-corrected chi connectivity index (χ1v) is 10.7. The molecule has 9 heteroatoms. The predicted octanol–water partition coefficient (Wildman–Crippen LogP) is 4.63. The number of hydrogen-bond donors (Lipinski definition) is 2. The Hall–Kier alpha value is -2.10. The number of fused-ring (bicyclic) bond motifs is 1. The van der Waals surface area contributed by atoms with Gasteiger partial charge in [0, 0.05) is 17.4 Å². The maximum atomic E-state index is 11.7. The van der Waals surface area contributed by atoms with E-state index < -0.39 is 12.0 Å². The summed E-state index contributed by atoms with van der Waals surface area (Å²) in [5.74, 6) is 0.230. The number of methoxy groups -OCH3 is 1. The molecule has 3 rings (SSSR count). The summed E-state index contributed by atoms with van der Waals surface area (Å²) in [6.07, 6.45) is 5.77. The monoisotopic (exact) mass is 422 g/mol. The molecular weight excluding hydrogens is 404 g/mol. The van der Waals surface area contributed by atoms with E-state index in [2.05, 4.69) is 4.99 Å². The van der Waals surface area contributed by atoms with E-state index in [0.717, 1.165) is 16.8 Å². The van der Waals surface area contributed by atoms with Gasteiger partial charge in [-0.05, 0) is 54.9 Å². The summed E-state index contributed by atoms with van der Waals surface area (Å²) >= 11 is 8.07. The van der Waals surface area contributed by atoms with E-state index in [1.807, 2.05) is 24.5 Å². The summed E-state index contributed by atoms with van der Waals surface area (Å²) in [7, 11) is 1.60. The summed E-state index contributed by atoms with van der Waals surface area (Å²) in [5.41, 5.74) is 2.50. The molecule has 6 nitrogen and oxygen atoms in total. The minimum absolute atomic E-state index is 0.129. The lowest BCUT2D eigenvalue weighted by Gasteiger charge is -2.14. The van der Waals surface area contributed by atoms with Crippen LogP contribution in [0.4, 0.5) is 5.69 Å². The average molecular weight is 423 g/mol. The van der Waals surface area contributed by atoms with Gasteiger partial charge in [-0.2, -0.15) is 11.8 Å². The van der Waals surface area contributed by atoms with E-state index in [0.29, 0.717) is 26.8 Å². The number of ether oxygens (including phenoxy) is 1. The maximum Gasteiger partial charge on any atom is 0.326 e. The molecule has 0 amide bonds. The van der Waals surface area contributed by atoms with Crippen LogP contribution in [0.5, 0.6) is 11.6 Å². The number of benzene rings is 1. The third-order valence-electron chi connectivity index (χ3n) is 4.18. The molecule has 1 aliphatic heterocycles. The van der Waals surface area contributed by atoms with Crippen LogP contribution in [0.2, 0.25) is 0 Å². The van der Waals surface area contributed by atoms with Gasteiger partial charge in [-0.25, -0.2) is 4.79 Å². The van der Waals surface area contributed by atoms with Gasteiger partial charge in [-0.15, -0.1) is 11.3 Å². The smallest absolute Gasteiger partial charge is 0.326 e.